The Morgan fingerprint density at radius 3 is 2.67 bits per heavy atom. The van der Waals surface area contributed by atoms with Crippen LogP contribution in [-0.2, 0) is 4.79 Å². The molecule has 2 rings (SSSR count). The number of hydrogen-bond donors (Lipinski definition) is 1. The van der Waals surface area contributed by atoms with E-state index in [1.54, 1.807) is 55.5 Å². The third-order valence-corrected chi connectivity index (χ3v) is 3.91. The van der Waals surface area contributed by atoms with Crippen LogP contribution in [0.1, 0.15) is 6.92 Å². The second-order valence-corrected chi connectivity index (χ2v) is 6.24. The summed E-state index contributed by atoms with van der Waals surface area (Å²) in [6.45, 7) is 5.71. The maximum Gasteiger partial charge on any atom is 0.265 e. The fourth-order valence-electron chi connectivity index (χ4n) is 1.85. The van der Waals surface area contributed by atoms with Crippen molar-refractivity contribution >= 4 is 39.1 Å². The summed E-state index contributed by atoms with van der Waals surface area (Å²) in [4.78, 5) is 12.2. The van der Waals surface area contributed by atoms with Crippen molar-refractivity contribution in [1.29, 1.82) is 0 Å². The van der Waals surface area contributed by atoms with E-state index in [0.29, 0.717) is 33.3 Å². The minimum Gasteiger partial charge on any atom is -0.490 e. The molecule has 0 aromatic heterocycles. The van der Waals surface area contributed by atoms with Crippen molar-refractivity contribution in [3.05, 3.63) is 64.6 Å². The zero-order valence-electron chi connectivity index (χ0n) is 13.1. The van der Waals surface area contributed by atoms with Gasteiger partial charge >= 0.3 is 0 Å². The molecule has 0 saturated heterocycles. The number of nitrogens with one attached hydrogen (secondary N) is 1. The first-order valence-electron chi connectivity index (χ1n) is 7.26. The van der Waals surface area contributed by atoms with Crippen LogP contribution >= 0.6 is 27.5 Å². The van der Waals surface area contributed by atoms with Crippen molar-refractivity contribution in [2.75, 3.05) is 11.9 Å². The molecule has 0 aliphatic rings. The van der Waals surface area contributed by atoms with E-state index in [4.69, 9.17) is 21.1 Å². The van der Waals surface area contributed by atoms with Crippen LogP contribution in [0.25, 0.3) is 0 Å². The Morgan fingerprint density at radius 2 is 2.04 bits per heavy atom. The topological polar surface area (TPSA) is 47.6 Å². The molecule has 126 valence electrons. The second-order valence-electron chi connectivity index (χ2n) is 4.95. The number of hydrogen-bond acceptors (Lipinski definition) is 3. The molecule has 0 saturated carbocycles. The molecule has 0 aliphatic heterocycles. The van der Waals surface area contributed by atoms with E-state index in [1.807, 2.05) is 0 Å². The molecule has 1 amide bonds. The molecule has 4 nitrogen and oxygen atoms in total. The molecule has 0 bridgehead atoms. The third-order valence-electron chi connectivity index (χ3n) is 3.06. The van der Waals surface area contributed by atoms with Gasteiger partial charge in [-0.05, 0) is 65.3 Å². The number of rotatable bonds is 7. The van der Waals surface area contributed by atoms with Gasteiger partial charge < -0.3 is 14.8 Å². The average Bonchev–Trinajstić information content (AvgIpc) is 2.56. The van der Waals surface area contributed by atoms with Gasteiger partial charge in [0.15, 0.2) is 6.10 Å². The maximum absolute atomic E-state index is 12.2. The summed E-state index contributed by atoms with van der Waals surface area (Å²) in [5.74, 6) is 1.01. The molecule has 0 fully saturated rings. The molecule has 2 aromatic carbocycles. The number of anilines is 1. The van der Waals surface area contributed by atoms with Crippen LogP contribution in [0.4, 0.5) is 5.69 Å². The molecule has 1 N–H and O–H groups in total. The number of carbonyl (C=O) groups is 1. The molecule has 6 heteroatoms. The van der Waals surface area contributed by atoms with E-state index in [9.17, 15) is 4.79 Å². The number of benzene rings is 2. The zero-order chi connectivity index (χ0) is 17.5. The largest absolute Gasteiger partial charge is 0.490 e. The Labute approximate surface area is 154 Å². The van der Waals surface area contributed by atoms with Gasteiger partial charge in [0, 0.05) is 10.7 Å². The Balaban J connectivity index is 1.94. The Kier molecular flexibility index (Phi) is 6.70. The number of carbonyl (C=O) groups excluding carboxylic acids is 1. The van der Waals surface area contributed by atoms with Crippen LogP contribution < -0.4 is 14.8 Å². The highest BCUT2D eigenvalue weighted by molar-refractivity contribution is 9.10. The summed E-state index contributed by atoms with van der Waals surface area (Å²) in [5, 5.41) is 3.38. The van der Waals surface area contributed by atoms with Gasteiger partial charge in [0.2, 0.25) is 0 Å². The minimum absolute atomic E-state index is 0.253. The van der Waals surface area contributed by atoms with Gasteiger partial charge in [0.05, 0.1) is 4.47 Å². The molecule has 0 heterocycles. The predicted molar refractivity (Wildman–Crippen MR) is 100 cm³/mol. The van der Waals surface area contributed by atoms with Crippen LogP contribution in [0.2, 0.25) is 5.02 Å². The number of ether oxygens (including phenoxy) is 2. The van der Waals surface area contributed by atoms with Crippen LogP contribution in [0.15, 0.2) is 59.6 Å². The maximum atomic E-state index is 12.2. The van der Waals surface area contributed by atoms with Crippen LogP contribution in [0.3, 0.4) is 0 Å². The molecular weight excluding hydrogens is 394 g/mol. The van der Waals surface area contributed by atoms with Crippen molar-refractivity contribution in [1.82, 2.24) is 0 Å². The van der Waals surface area contributed by atoms with Crippen LogP contribution in [-0.4, -0.2) is 18.6 Å². The summed E-state index contributed by atoms with van der Waals surface area (Å²) >= 11 is 9.25. The molecule has 0 radical (unpaired) electrons. The van der Waals surface area contributed by atoms with E-state index in [1.165, 1.54) is 0 Å². The highest BCUT2D eigenvalue weighted by Gasteiger charge is 2.16. The minimum atomic E-state index is -0.667. The quantitative estimate of drug-likeness (QED) is 0.648. The van der Waals surface area contributed by atoms with Crippen molar-refractivity contribution in [2.24, 2.45) is 0 Å². The lowest BCUT2D eigenvalue weighted by Crippen LogP contribution is -2.30. The lowest BCUT2D eigenvalue weighted by molar-refractivity contribution is -0.122. The van der Waals surface area contributed by atoms with Crippen molar-refractivity contribution in [3.8, 4) is 11.5 Å². The molecule has 0 spiro atoms. The van der Waals surface area contributed by atoms with Gasteiger partial charge in [-0.2, -0.15) is 0 Å². The normalized spacial score (nSPS) is 11.5. The van der Waals surface area contributed by atoms with Crippen molar-refractivity contribution < 1.29 is 14.3 Å². The summed E-state index contributed by atoms with van der Waals surface area (Å²) in [5.41, 5.74) is 0.663. The standard InChI is InChI=1S/C18H17BrClNO3/c1-3-10-23-15-7-5-14(6-8-15)21-18(22)12(2)24-17-9-4-13(20)11-16(17)19/h3-9,11-12H,1,10H2,2H3,(H,21,22). The highest BCUT2D eigenvalue weighted by Crippen LogP contribution is 2.29. The highest BCUT2D eigenvalue weighted by atomic mass is 79.9. The van der Waals surface area contributed by atoms with Gasteiger partial charge in [-0.15, -0.1) is 0 Å². The second kappa shape index (κ2) is 8.76. The predicted octanol–water partition coefficient (Wildman–Crippen LogP) is 5.07. The van der Waals surface area contributed by atoms with E-state index in [2.05, 4.69) is 27.8 Å². The fraction of sp³-hybridized carbons (Fsp3) is 0.167. The van der Waals surface area contributed by atoms with Crippen molar-refractivity contribution in [2.45, 2.75) is 13.0 Å². The fourth-order valence-corrected chi connectivity index (χ4v) is 2.62. The first-order chi connectivity index (χ1) is 11.5. The van der Waals surface area contributed by atoms with Crippen LogP contribution in [0.5, 0.6) is 11.5 Å². The summed E-state index contributed by atoms with van der Waals surface area (Å²) in [6, 6.07) is 12.2. The van der Waals surface area contributed by atoms with Gasteiger partial charge in [-0.3, -0.25) is 4.79 Å². The van der Waals surface area contributed by atoms with Gasteiger partial charge in [0.1, 0.15) is 18.1 Å². The van der Waals surface area contributed by atoms with E-state index in [0.717, 1.165) is 0 Å². The van der Waals surface area contributed by atoms with Crippen LogP contribution in [0, 0.1) is 0 Å². The van der Waals surface area contributed by atoms with E-state index >= 15 is 0 Å². The summed E-state index contributed by atoms with van der Waals surface area (Å²) in [7, 11) is 0. The SMILES string of the molecule is C=CCOc1ccc(NC(=O)C(C)Oc2ccc(Cl)cc2Br)cc1. The van der Waals surface area contributed by atoms with Gasteiger partial charge in [0.25, 0.3) is 5.91 Å². The Hall–Kier alpha value is -1.98. The first-order valence-corrected chi connectivity index (χ1v) is 8.43. The molecular formula is C18H17BrClNO3. The Morgan fingerprint density at radius 1 is 1.33 bits per heavy atom. The molecule has 1 atom stereocenters. The molecule has 2 aromatic rings. The molecule has 1 unspecified atom stereocenters. The summed E-state index contributed by atoms with van der Waals surface area (Å²) in [6.07, 6.45) is 1.00. The lowest BCUT2D eigenvalue weighted by atomic mass is 10.2. The van der Waals surface area contributed by atoms with Gasteiger partial charge in [-0.1, -0.05) is 24.3 Å². The average molecular weight is 411 g/mol. The molecule has 0 aliphatic carbocycles. The lowest BCUT2D eigenvalue weighted by Gasteiger charge is -2.16. The summed E-state index contributed by atoms with van der Waals surface area (Å²) < 4.78 is 11.7. The molecule has 24 heavy (non-hydrogen) atoms. The third kappa shape index (κ3) is 5.28. The zero-order valence-corrected chi connectivity index (χ0v) is 15.4. The Bertz CT molecular complexity index is 719. The van der Waals surface area contributed by atoms with Gasteiger partial charge in [-0.25, -0.2) is 0 Å². The van der Waals surface area contributed by atoms with E-state index < -0.39 is 6.10 Å². The smallest absolute Gasteiger partial charge is 0.265 e. The number of amides is 1. The first kappa shape index (κ1) is 18.4. The number of halogens is 2. The monoisotopic (exact) mass is 409 g/mol. The van der Waals surface area contributed by atoms with E-state index in [-0.39, 0.29) is 5.91 Å². The van der Waals surface area contributed by atoms with Crippen molar-refractivity contribution in [3.63, 3.8) is 0 Å².